The largest absolute Gasteiger partial charge is 0.248 e. The van der Waals surface area contributed by atoms with Crippen molar-refractivity contribution in [3.8, 4) is 11.3 Å². The zero-order valence-corrected chi connectivity index (χ0v) is 12.5. The molecule has 3 rings (SSSR count). The number of fused-ring (bicyclic) bond motifs is 1. The first-order valence-corrected chi connectivity index (χ1v) is 7.82. The third-order valence-corrected chi connectivity index (χ3v) is 3.92. The highest BCUT2D eigenvalue weighted by Crippen LogP contribution is 2.25. The summed E-state index contributed by atoms with van der Waals surface area (Å²) in [5, 5.41) is 1.30. The second-order valence-corrected chi connectivity index (χ2v) is 5.51. The van der Waals surface area contributed by atoms with Crippen LogP contribution in [0.2, 0.25) is 0 Å². The van der Waals surface area contributed by atoms with Crippen molar-refractivity contribution < 1.29 is 0 Å². The molecule has 0 N–H and O–H groups in total. The van der Waals surface area contributed by atoms with Gasteiger partial charge in [0.15, 0.2) is 0 Å². The van der Waals surface area contributed by atoms with E-state index in [0.717, 1.165) is 17.6 Å². The molecule has 3 aromatic rings. The third kappa shape index (κ3) is 3.13. The molecule has 0 aliphatic rings. The number of pyridine rings is 1. The molecule has 1 heterocycles. The lowest BCUT2D eigenvalue weighted by Crippen LogP contribution is -1.93. The van der Waals surface area contributed by atoms with Crippen molar-refractivity contribution in [1.29, 1.82) is 0 Å². The van der Waals surface area contributed by atoms with Crippen LogP contribution in [-0.4, -0.2) is 4.98 Å². The van der Waals surface area contributed by atoms with Crippen LogP contribution in [0.3, 0.4) is 0 Å². The number of aromatic nitrogens is 1. The SMILES string of the molecule is CCCCCc1cc(-c2ccccc2)nc2ccccc12. The van der Waals surface area contributed by atoms with Gasteiger partial charge in [-0.15, -0.1) is 0 Å². The van der Waals surface area contributed by atoms with Gasteiger partial charge in [0.2, 0.25) is 0 Å². The van der Waals surface area contributed by atoms with Gasteiger partial charge in [0.25, 0.3) is 0 Å². The topological polar surface area (TPSA) is 12.9 Å². The normalized spacial score (nSPS) is 10.9. The Bertz CT molecular complexity index is 716. The van der Waals surface area contributed by atoms with Crippen LogP contribution in [0.1, 0.15) is 31.7 Å². The Balaban J connectivity index is 2.06. The maximum absolute atomic E-state index is 4.83. The smallest absolute Gasteiger partial charge is 0.0712 e. The summed E-state index contributed by atoms with van der Waals surface area (Å²) in [6.45, 7) is 2.25. The molecule has 0 bridgehead atoms. The second-order valence-electron chi connectivity index (χ2n) is 5.51. The first kappa shape index (κ1) is 13.8. The van der Waals surface area contributed by atoms with Crippen LogP contribution in [0, 0.1) is 0 Å². The van der Waals surface area contributed by atoms with Crippen LogP contribution >= 0.6 is 0 Å². The maximum atomic E-state index is 4.83. The van der Waals surface area contributed by atoms with Crippen molar-refractivity contribution in [2.75, 3.05) is 0 Å². The predicted octanol–water partition coefficient (Wildman–Crippen LogP) is 5.63. The number of nitrogens with zero attached hydrogens (tertiary/aromatic N) is 1. The first-order chi connectivity index (χ1) is 10.4. The van der Waals surface area contributed by atoms with E-state index in [-0.39, 0.29) is 0 Å². The number of benzene rings is 2. The fraction of sp³-hybridized carbons (Fsp3) is 0.250. The number of rotatable bonds is 5. The Morgan fingerprint density at radius 1 is 0.857 bits per heavy atom. The Hall–Kier alpha value is -2.15. The van der Waals surface area contributed by atoms with E-state index in [2.05, 4.69) is 61.5 Å². The number of hydrogen-bond acceptors (Lipinski definition) is 1. The van der Waals surface area contributed by atoms with Crippen LogP contribution < -0.4 is 0 Å². The van der Waals surface area contributed by atoms with Crippen molar-refractivity contribution in [1.82, 2.24) is 4.98 Å². The highest BCUT2D eigenvalue weighted by atomic mass is 14.7. The molecule has 0 unspecified atom stereocenters. The number of aryl methyl sites for hydroxylation is 1. The van der Waals surface area contributed by atoms with E-state index in [0.29, 0.717) is 0 Å². The quantitative estimate of drug-likeness (QED) is 0.549. The molecule has 1 aromatic heterocycles. The van der Waals surface area contributed by atoms with Gasteiger partial charge in [-0.2, -0.15) is 0 Å². The lowest BCUT2D eigenvalue weighted by Gasteiger charge is -2.10. The van der Waals surface area contributed by atoms with Crippen molar-refractivity contribution in [2.45, 2.75) is 32.6 Å². The van der Waals surface area contributed by atoms with E-state index in [9.17, 15) is 0 Å². The number of hydrogen-bond donors (Lipinski definition) is 0. The van der Waals surface area contributed by atoms with Gasteiger partial charge < -0.3 is 0 Å². The van der Waals surface area contributed by atoms with Gasteiger partial charge in [0, 0.05) is 10.9 Å². The molecule has 1 nitrogen and oxygen atoms in total. The molecule has 106 valence electrons. The van der Waals surface area contributed by atoms with E-state index in [1.807, 2.05) is 6.07 Å². The molecular weight excluding hydrogens is 254 g/mol. The zero-order valence-electron chi connectivity index (χ0n) is 12.5. The van der Waals surface area contributed by atoms with Gasteiger partial charge in [0.05, 0.1) is 11.2 Å². The van der Waals surface area contributed by atoms with Gasteiger partial charge in [-0.25, -0.2) is 4.98 Å². The molecule has 0 aliphatic carbocycles. The fourth-order valence-electron chi connectivity index (χ4n) is 2.78. The highest BCUT2D eigenvalue weighted by molar-refractivity contribution is 5.85. The van der Waals surface area contributed by atoms with Gasteiger partial charge in [0.1, 0.15) is 0 Å². The van der Waals surface area contributed by atoms with Crippen LogP contribution in [0.5, 0.6) is 0 Å². The van der Waals surface area contributed by atoms with Crippen molar-refractivity contribution in [3.63, 3.8) is 0 Å². The van der Waals surface area contributed by atoms with Crippen molar-refractivity contribution in [2.24, 2.45) is 0 Å². The summed E-state index contributed by atoms with van der Waals surface area (Å²) in [6.07, 6.45) is 4.93. The van der Waals surface area contributed by atoms with E-state index in [1.54, 1.807) is 0 Å². The van der Waals surface area contributed by atoms with Gasteiger partial charge >= 0.3 is 0 Å². The molecule has 0 fully saturated rings. The minimum absolute atomic E-state index is 1.08. The minimum atomic E-state index is 1.08. The van der Waals surface area contributed by atoms with Gasteiger partial charge in [-0.3, -0.25) is 0 Å². The molecule has 2 aromatic carbocycles. The summed E-state index contributed by atoms with van der Waals surface area (Å²) in [5.41, 5.74) is 4.80. The average Bonchev–Trinajstić information content (AvgIpc) is 2.55. The molecule has 0 radical (unpaired) electrons. The predicted molar refractivity (Wildman–Crippen MR) is 90.4 cm³/mol. The molecule has 0 saturated carbocycles. The zero-order chi connectivity index (χ0) is 14.5. The van der Waals surface area contributed by atoms with Crippen LogP contribution in [-0.2, 0) is 6.42 Å². The molecule has 0 aliphatic heterocycles. The Morgan fingerprint density at radius 2 is 1.62 bits per heavy atom. The van der Waals surface area contributed by atoms with E-state index in [1.165, 1.54) is 35.8 Å². The average molecular weight is 275 g/mol. The fourth-order valence-corrected chi connectivity index (χ4v) is 2.78. The summed E-state index contributed by atoms with van der Waals surface area (Å²) in [7, 11) is 0. The first-order valence-electron chi connectivity index (χ1n) is 7.82. The molecule has 0 spiro atoms. The lowest BCUT2D eigenvalue weighted by molar-refractivity contribution is 0.719. The summed E-state index contributed by atoms with van der Waals surface area (Å²) in [5.74, 6) is 0. The van der Waals surface area contributed by atoms with Crippen LogP contribution in [0.4, 0.5) is 0 Å². The highest BCUT2D eigenvalue weighted by Gasteiger charge is 2.07. The van der Waals surface area contributed by atoms with Crippen molar-refractivity contribution >= 4 is 10.9 Å². The minimum Gasteiger partial charge on any atom is -0.248 e. The molecule has 21 heavy (non-hydrogen) atoms. The summed E-state index contributed by atoms with van der Waals surface area (Å²) in [6, 6.07) is 21.2. The molecule has 0 atom stereocenters. The molecule has 1 heteroatoms. The Morgan fingerprint density at radius 3 is 2.43 bits per heavy atom. The monoisotopic (exact) mass is 275 g/mol. The van der Waals surface area contributed by atoms with Crippen LogP contribution in [0.15, 0.2) is 60.7 Å². The molecule has 0 amide bonds. The number of unbranched alkanes of at least 4 members (excludes halogenated alkanes) is 2. The van der Waals surface area contributed by atoms with Gasteiger partial charge in [-0.1, -0.05) is 68.3 Å². The maximum Gasteiger partial charge on any atom is 0.0712 e. The standard InChI is InChI=1S/C20H21N/c1-2-3-5-12-17-15-20(16-10-6-4-7-11-16)21-19-14-9-8-13-18(17)19/h4,6-11,13-15H,2-3,5,12H2,1H3. The van der Waals surface area contributed by atoms with Crippen LogP contribution in [0.25, 0.3) is 22.2 Å². The third-order valence-electron chi connectivity index (χ3n) is 3.92. The van der Waals surface area contributed by atoms with E-state index >= 15 is 0 Å². The summed E-state index contributed by atoms with van der Waals surface area (Å²) >= 11 is 0. The van der Waals surface area contributed by atoms with Crippen molar-refractivity contribution in [3.05, 3.63) is 66.2 Å². The molecule has 0 saturated heterocycles. The molecular formula is C20H21N. The lowest BCUT2D eigenvalue weighted by atomic mass is 10.00. The second kappa shape index (κ2) is 6.53. The van der Waals surface area contributed by atoms with E-state index in [4.69, 9.17) is 4.98 Å². The summed E-state index contributed by atoms with van der Waals surface area (Å²) < 4.78 is 0. The number of para-hydroxylation sites is 1. The summed E-state index contributed by atoms with van der Waals surface area (Å²) in [4.78, 5) is 4.83. The van der Waals surface area contributed by atoms with E-state index < -0.39 is 0 Å². The Labute approximate surface area is 126 Å². The van der Waals surface area contributed by atoms with Gasteiger partial charge in [-0.05, 0) is 30.5 Å². The Kier molecular flexibility index (Phi) is 4.30.